The number of benzene rings is 3. The van der Waals surface area contributed by atoms with Crippen molar-refractivity contribution in [2.24, 2.45) is 5.41 Å². The number of aliphatic hydroxyl groups is 1. The van der Waals surface area contributed by atoms with Crippen LogP contribution in [0.3, 0.4) is 0 Å². The number of thioether (sulfide) groups is 1. The van der Waals surface area contributed by atoms with E-state index in [0.29, 0.717) is 12.2 Å². The van der Waals surface area contributed by atoms with Crippen molar-refractivity contribution in [3.05, 3.63) is 106 Å². The Kier molecular flexibility index (Phi) is 18.9. The lowest BCUT2D eigenvalue weighted by Crippen LogP contribution is -2.62. The van der Waals surface area contributed by atoms with Gasteiger partial charge in [0, 0.05) is 29.4 Å². The van der Waals surface area contributed by atoms with Gasteiger partial charge in [0.2, 0.25) is 35.4 Å². The highest BCUT2D eigenvalue weighted by atomic mass is 32.2. The lowest BCUT2D eigenvalue weighted by molar-refractivity contribution is -0.144. The standard InChI is InChI=1S/C55H78N8O7S/c1-33(56-8)48(65)61-46(55(6,7)71-29-28-64)52(69)60-44(50(67)58-42-22-14-18-37-16-10-12-20-40(37)42)30-35-24-26-36(27-25-35)39-31-45(51(68)59-43-23-15-19-38-17-11-13-21-41(38)43)63(32-39)53(70)47(54(3,4)5)62-49(66)34(2)57-9/h10-13,16-17,20-21,24-27,33-34,39,42-47,56-57,64H,14-15,18-19,22-23,28-32H2,1-9H3,(H,58,67)(H,59,68)(H,60,69)(H,61,65)(H,62,66)/t33-,34-,39?,42+,43?,44-,45?,46?,47?/m0/s1. The van der Waals surface area contributed by atoms with E-state index < -0.39 is 52.3 Å². The normalized spacial score (nSPS) is 21.0. The minimum absolute atomic E-state index is 0.113. The molecule has 0 bridgehead atoms. The minimum Gasteiger partial charge on any atom is -0.396 e. The van der Waals surface area contributed by atoms with Gasteiger partial charge in [-0.3, -0.25) is 28.8 Å². The third kappa shape index (κ3) is 13.8. The molecule has 9 atom stereocenters. The SMILES string of the molecule is CN[C@@H](C)C(=O)NC(C(=O)N1CC(c2ccc(C[C@H](NC(=O)C(NC(=O)[C@H](C)NC)C(C)(C)SCCO)C(=O)N[C@@H]3CCCc4ccccc43)cc2)CC1C(=O)NC1CCCc2ccccc21)C(C)(C)C. The molecule has 1 heterocycles. The van der Waals surface area contributed by atoms with Gasteiger partial charge in [0.05, 0.1) is 30.8 Å². The molecule has 1 fully saturated rings. The van der Waals surface area contributed by atoms with E-state index in [1.807, 2.05) is 89.2 Å². The van der Waals surface area contributed by atoms with Crippen LogP contribution in [-0.2, 0) is 48.0 Å². The summed E-state index contributed by atoms with van der Waals surface area (Å²) in [5.41, 5.74) is 5.53. The van der Waals surface area contributed by atoms with Crippen molar-refractivity contribution in [1.82, 2.24) is 42.1 Å². The molecule has 0 saturated carbocycles. The lowest BCUT2D eigenvalue weighted by atomic mass is 9.85. The largest absolute Gasteiger partial charge is 0.396 e. The van der Waals surface area contributed by atoms with Crippen molar-refractivity contribution >= 4 is 47.2 Å². The van der Waals surface area contributed by atoms with Gasteiger partial charge in [-0.05, 0) is 126 Å². The molecule has 3 aliphatic rings. The van der Waals surface area contributed by atoms with Gasteiger partial charge in [-0.1, -0.05) is 93.6 Å². The van der Waals surface area contributed by atoms with Crippen LogP contribution in [0.1, 0.15) is 132 Å². The summed E-state index contributed by atoms with van der Waals surface area (Å²) in [6, 6.07) is 18.6. The van der Waals surface area contributed by atoms with E-state index in [2.05, 4.69) is 55.4 Å². The van der Waals surface area contributed by atoms with Crippen molar-refractivity contribution in [2.45, 2.75) is 159 Å². The smallest absolute Gasteiger partial charge is 0.246 e. The number of hydrogen-bond donors (Lipinski definition) is 8. The van der Waals surface area contributed by atoms with E-state index in [1.54, 1.807) is 32.8 Å². The Balaban J connectivity index is 1.28. The van der Waals surface area contributed by atoms with Crippen LogP contribution in [0.5, 0.6) is 0 Å². The molecule has 1 saturated heterocycles. The molecule has 0 spiro atoms. The molecule has 5 unspecified atom stereocenters. The van der Waals surface area contributed by atoms with E-state index >= 15 is 0 Å². The summed E-state index contributed by atoms with van der Waals surface area (Å²) in [5.74, 6) is -2.04. The number of carbonyl (C=O) groups is 6. The lowest BCUT2D eigenvalue weighted by Gasteiger charge is -2.36. The fourth-order valence-corrected chi connectivity index (χ4v) is 11.1. The first-order chi connectivity index (χ1) is 33.8. The number of hydrogen-bond acceptors (Lipinski definition) is 10. The van der Waals surface area contributed by atoms with E-state index in [4.69, 9.17) is 0 Å². The first kappa shape index (κ1) is 55.0. The Morgan fingerprint density at radius 3 is 1.76 bits per heavy atom. The molecule has 0 radical (unpaired) electrons. The van der Waals surface area contributed by atoms with Crippen LogP contribution >= 0.6 is 11.8 Å². The maximum atomic E-state index is 14.8. The van der Waals surface area contributed by atoms with Gasteiger partial charge in [-0.25, -0.2) is 0 Å². The van der Waals surface area contributed by atoms with Gasteiger partial charge >= 0.3 is 0 Å². The van der Waals surface area contributed by atoms with Gasteiger partial charge in [-0.15, -0.1) is 0 Å². The molecule has 6 rings (SSSR count). The summed E-state index contributed by atoms with van der Waals surface area (Å²) >= 11 is 1.35. The van der Waals surface area contributed by atoms with Gasteiger partial charge in [-0.2, -0.15) is 11.8 Å². The maximum absolute atomic E-state index is 14.8. The second-order valence-corrected chi connectivity index (χ2v) is 22.9. The third-order valence-electron chi connectivity index (χ3n) is 14.6. The number of fused-ring (bicyclic) bond motifs is 2. The van der Waals surface area contributed by atoms with Crippen LogP contribution in [0, 0.1) is 5.41 Å². The Morgan fingerprint density at radius 2 is 1.23 bits per heavy atom. The van der Waals surface area contributed by atoms with Gasteiger partial charge in [0.1, 0.15) is 24.2 Å². The van der Waals surface area contributed by atoms with Crippen molar-refractivity contribution in [3.63, 3.8) is 0 Å². The highest BCUT2D eigenvalue weighted by Gasteiger charge is 2.46. The van der Waals surface area contributed by atoms with E-state index in [1.165, 1.54) is 22.9 Å². The second-order valence-electron chi connectivity index (χ2n) is 21.2. The molecular formula is C55H78N8O7S. The third-order valence-corrected chi connectivity index (χ3v) is 16.0. The predicted molar refractivity (Wildman–Crippen MR) is 279 cm³/mol. The van der Waals surface area contributed by atoms with Crippen LogP contribution in [0.15, 0.2) is 72.8 Å². The summed E-state index contributed by atoms with van der Waals surface area (Å²) in [5, 5.41) is 31.1. The molecule has 3 aromatic carbocycles. The molecule has 15 nitrogen and oxygen atoms in total. The molecule has 71 heavy (non-hydrogen) atoms. The molecular weight excluding hydrogens is 917 g/mol. The topological polar surface area (TPSA) is 210 Å². The monoisotopic (exact) mass is 995 g/mol. The Bertz CT molecular complexity index is 2350. The average molecular weight is 995 g/mol. The Labute approximate surface area is 425 Å². The molecule has 386 valence electrons. The zero-order valence-electron chi connectivity index (χ0n) is 43.2. The highest BCUT2D eigenvalue weighted by Crippen LogP contribution is 2.37. The fraction of sp³-hybridized carbons (Fsp3) is 0.564. The quantitative estimate of drug-likeness (QED) is 0.0794. The number of nitrogens with zero attached hydrogens (tertiary/aromatic N) is 1. The number of amides is 6. The number of nitrogens with one attached hydrogen (secondary N) is 7. The van der Waals surface area contributed by atoms with E-state index in [0.717, 1.165) is 60.8 Å². The summed E-state index contributed by atoms with van der Waals surface area (Å²) < 4.78 is -0.864. The number of rotatable bonds is 20. The molecule has 0 aromatic heterocycles. The van der Waals surface area contributed by atoms with Crippen molar-refractivity contribution in [3.8, 4) is 0 Å². The number of aryl methyl sites for hydroxylation is 2. The van der Waals surface area contributed by atoms with Gasteiger partial charge in [0.25, 0.3) is 0 Å². The Hall–Kier alpha value is -5.29. The maximum Gasteiger partial charge on any atom is 0.246 e. The minimum atomic E-state index is -1.06. The molecule has 2 aliphatic carbocycles. The van der Waals surface area contributed by atoms with E-state index in [9.17, 15) is 33.9 Å². The molecule has 16 heteroatoms. The first-order valence-corrected chi connectivity index (χ1v) is 26.4. The van der Waals surface area contributed by atoms with Crippen molar-refractivity contribution < 1.29 is 33.9 Å². The molecule has 6 amide bonds. The fourth-order valence-electron chi connectivity index (χ4n) is 10.1. The average Bonchev–Trinajstić information content (AvgIpc) is 3.81. The van der Waals surface area contributed by atoms with Gasteiger partial charge < -0.3 is 47.2 Å². The number of carbonyl (C=O) groups excluding carboxylic acids is 6. The summed E-state index contributed by atoms with van der Waals surface area (Å²) in [6.45, 7) is 12.9. The molecule has 3 aromatic rings. The molecule has 1 aliphatic heterocycles. The Morgan fingerprint density at radius 1 is 0.690 bits per heavy atom. The number of likely N-dealkylation sites (tertiary alicyclic amines) is 1. The predicted octanol–water partition coefficient (Wildman–Crippen LogP) is 4.52. The molecule has 8 N–H and O–H groups in total. The highest BCUT2D eigenvalue weighted by molar-refractivity contribution is 8.00. The van der Waals surface area contributed by atoms with Crippen LogP contribution in [0.4, 0.5) is 0 Å². The van der Waals surface area contributed by atoms with E-state index in [-0.39, 0.29) is 67.1 Å². The number of likely N-dealkylation sites (N-methyl/N-ethyl adjacent to an activating group) is 2. The van der Waals surface area contributed by atoms with Crippen LogP contribution in [0.2, 0.25) is 0 Å². The van der Waals surface area contributed by atoms with Crippen LogP contribution in [-0.4, -0.2) is 119 Å². The van der Waals surface area contributed by atoms with Gasteiger partial charge in [0.15, 0.2) is 0 Å². The number of aliphatic hydroxyl groups excluding tert-OH is 1. The summed E-state index contributed by atoms with van der Waals surface area (Å²) in [6.07, 6.45) is 5.71. The summed E-state index contributed by atoms with van der Waals surface area (Å²) in [4.78, 5) is 86.7. The second kappa shape index (κ2) is 24.4. The summed E-state index contributed by atoms with van der Waals surface area (Å²) in [7, 11) is 3.35. The first-order valence-electron chi connectivity index (χ1n) is 25.4. The van der Waals surface area contributed by atoms with Crippen molar-refractivity contribution in [1.29, 1.82) is 0 Å². The van der Waals surface area contributed by atoms with Crippen molar-refractivity contribution in [2.75, 3.05) is 33.0 Å². The van der Waals surface area contributed by atoms with Crippen LogP contribution < -0.4 is 37.2 Å². The zero-order chi connectivity index (χ0) is 51.6. The zero-order valence-corrected chi connectivity index (χ0v) is 44.0. The van der Waals surface area contributed by atoms with Crippen LogP contribution in [0.25, 0.3) is 0 Å².